The van der Waals surface area contributed by atoms with E-state index >= 15 is 0 Å². The quantitative estimate of drug-likeness (QED) is 0.657. The third kappa shape index (κ3) is 4.44. The van der Waals surface area contributed by atoms with Crippen molar-refractivity contribution in [2.45, 2.75) is 32.4 Å². The van der Waals surface area contributed by atoms with Crippen molar-refractivity contribution in [3.8, 4) is 0 Å². The number of rotatable bonds is 7. The molecule has 0 bridgehead atoms. The van der Waals surface area contributed by atoms with Crippen LogP contribution < -0.4 is 10.6 Å². The van der Waals surface area contributed by atoms with Gasteiger partial charge in [0, 0.05) is 30.5 Å². The molecule has 27 heavy (non-hydrogen) atoms. The molecule has 0 aliphatic heterocycles. The molecular weight excluding hydrogens is 338 g/mol. The number of carbonyl (C=O) groups is 1. The van der Waals surface area contributed by atoms with Crippen LogP contribution >= 0.6 is 0 Å². The lowest BCUT2D eigenvalue weighted by Gasteiger charge is -2.07. The van der Waals surface area contributed by atoms with Crippen LogP contribution in [0.1, 0.15) is 46.7 Å². The van der Waals surface area contributed by atoms with E-state index in [4.69, 9.17) is 4.42 Å². The fourth-order valence-corrected chi connectivity index (χ4v) is 3.14. The Morgan fingerprint density at radius 1 is 1.15 bits per heavy atom. The van der Waals surface area contributed by atoms with Crippen LogP contribution in [-0.2, 0) is 13.1 Å². The summed E-state index contributed by atoms with van der Waals surface area (Å²) in [5, 5.41) is 6.27. The number of carbonyl (C=O) groups excluding carboxylic acids is 1. The van der Waals surface area contributed by atoms with E-state index in [9.17, 15) is 4.79 Å². The topological polar surface area (TPSA) is 67.2 Å². The molecule has 1 saturated carbocycles. The predicted octanol–water partition coefficient (Wildman–Crippen LogP) is 4.34. The second-order valence-electron chi connectivity index (χ2n) is 7.12. The molecule has 2 aromatic heterocycles. The highest BCUT2D eigenvalue weighted by molar-refractivity contribution is 6.03. The van der Waals surface area contributed by atoms with Crippen LogP contribution in [-0.4, -0.2) is 10.9 Å². The molecule has 5 heteroatoms. The summed E-state index contributed by atoms with van der Waals surface area (Å²) >= 11 is 0. The summed E-state index contributed by atoms with van der Waals surface area (Å²) in [6.07, 6.45) is 4.44. The second kappa shape index (κ2) is 7.76. The highest BCUT2D eigenvalue weighted by atomic mass is 16.3. The number of pyridine rings is 1. The van der Waals surface area contributed by atoms with Gasteiger partial charge in [-0.15, -0.1) is 0 Å². The molecule has 2 atom stereocenters. The second-order valence-corrected chi connectivity index (χ2v) is 7.12. The first kappa shape index (κ1) is 17.5. The summed E-state index contributed by atoms with van der Waals surface area (Å²) in [4.78, 5) is 16.1. The summed E-state index contributed by atoms with van der Waals surface area (Å²) in [6, 6.07) is 15.5. The van der Waals surface area contributed by atoms with Gasteiger partial charge in [0.2, 0.25) is 0 Å². The number of hydrogen-bond donors (Lipinski definition) is 2. The van der Waals surface area contributed by atoms with E-state index in [2.05, 4.69) is 34.7 Å². The monoisotopic (exact) mass is 361 g/mol. The largest absolute Gasteiger partial charge is 0.464 e. The van der Waals surface area contributed by atoms with Crippen LogP contribution in [0.25, 0.3) is 0 Å². The number of aromatic nitrogens is 1. The summed E-state index contributed by atoms with van der Waals surface area (Å²) in [6.45, 7) is 3.71. The van der Waals surface area contributed by atoms with Crippen LogP contribution in [0.15, 0.2) is 65.3 Å². The lowest BCUT2D eigenvalue weighted by atomic mass is 10.2. The molecule has 1 aliphatic rings. The minimum absolute atomic E-state index is 0.160. The van der Waals surface area contributed by atoms with Gasteiger partial charge in [-0.2, -0.15) is 0 Å². The van der Waals surface area contributed by atoms with E-state index in [1.807, 2.05) is 24.3 Å². The summed E-state index contributed by atoms with van der Waals surface area (Å²) in [5.74, 6) is 3.31. The van der Waals surface area contributed by atoms with Gasteiger partial charge in [-0.05, 0) is 54.3 Å². The van der Waals surface area contributed by atoms with Crippen LogP contribution in [0.3, 0.4) is 0 Å². The Labute approximate surface area is 158 Å². The molecule has 1 amide bonds. The number of amides is 1. The van der Waals surface area contributed by atoms with Crippen LogP contribution in [0.2, 0.25) is 0 Å². The van der Waals surface area contributed by atoms with E-state index in [0.29, 0.717) is 18.0 Å². The van der Waals surface area contributed by atoms with Crippen molar-refractivity contribution in [1.82, 2.24) is 10.3 Å². The van der Waals surface area contributed by atoms with Gasteiger partial charge in [-0.25, -0.2) is 0 Å². The van der Waals surface area contributed by atoms with Crippen molar-refractivity contribution >= 4 is 11.6 Å². The number of hydrogen-bond acceptors (Lipinski definition) is 4. The third-order valence-electron chi connectivity index (χ3n) is 4.92. The van der Waals surface area contributed by atoms with Crippen LogP contribution in [0, 0.1) is 5.92 Å². The van der Waals surface area contributed by atoms with Crippen LogP contribution in [0.5, 0.6) is 0 Å². The van der Waals surface area contributed by atoms with Gasteiger partial charge in [0.1, 0.15) is 11.5 Å². The summed E-state index contributed by atoms with van der Waals surface area (Å²) in [5.41, 5.74) is 2.46. The van der Waals surface area contributed by atoms with Gasteiger partial charge in [-0.3, -0.25) is 9.78 Å². The molecule has 2 unspecified atom stereocenters. The standard InChI is InChI=1S/C22H23N3O2/c1-15-11-20(15)21-9-8-19(27-21)14-24-12-16-4-6-18(7-5-16)25-22(26)17-3-2-10-23-13-17/h2-10,13,15,20,24H,11-12,14H2,1H3,(H,25,26). The maximum absolute atomic E-state index is 12.1. The van der Waals surface area contributed by atoms with Gasteiger partial charge in [0.25, 0.3) is 5.91 Å². The highest BCUT2D eigenvalue weighted by Gasteiger charge is 2.36. The number of benzene rings is 1. The molecule has 1 aromatic carbocycles. The minimum Gasteiger partial charge on any atom is -0.464 e. The number of nitrogens with zero attached hydrogens (tertiary/aromatic N) is 1. The number of anilines is 1. The first-order chi connectivity index (χ1) is 13.2. The van der Waals surface area contributed by atoms with Crippen molar-refractivity contribution < 1.29 is 9.21 Å². The Balaban J connectivity index is 1.25. The molecule has 1 aliphatic carbocycles. The minimum atomic E-state index is -0.160. The zero-order chi connectivity index (χ0) is 18.6. The molecule has 1 fully saturated rings. The molecule has 0 saturated heterocycles. The van der Waals surface area contributed by atoms with Gasteiger partial charge in [-0.1, -0.05) is 19.1 Å². The Bertz CT molecular complexity index is 903. The Morgan fingerprint density at radius 2 is 1.96 bits per heavy atom. The SMILES string of the molecule is CC1CC1c1ccc(CNCc2ccc(NC(=O)c3cccnc3)cc2)o1. The highest BCUT2D eigenvalue weighted by Crippen LogP contribution is 2.47. The van der Waals surface area contributed by atoms with Gasteiger partial charge in [0.15, 0.2) is 0 Å². The van der Waals surface area contributed by atoms with Crippen molar-refractivity contribution in [3.05, 3.63) is 83.6 Å². The first-order valence-corrected chi connectivity index (χ1v) is 9.28. The average Bonchev–Trinajstić information content (AvgIpc) is 3.24. The van der Waals surface area contributed by atoms with E-state index in [1.165, 1.54) is 6.42 Å². The number of nitrogens with one attached hydrogen (secondary N) is 2. The lowest BCUT2D eigenvalue weighted by molar-refractivity contribution is 0.102. The lowest BCUT2D eigenvalue weighted by Crippen LogP contribution is -2.13. The molecule has 138 valence electrons. The van der Waals surface area contributed by atoms with Crippen molar-refractivity contribution in [2.75, 3.05) is 5.32 Å². The summed E-state index contributed by atoms with van der Waals surface area (Å²) in [7, 11) is 0. The number of furan rings is 1. The molecule has 2 N–H and O–H groups in total. The van der Waals surface area contributed by atoms with Crippen molar-refractivity contribution in [2.24, 2.45) is 5.92 Å². The molecule has 5 nitrogen and oxygen atoms in total. The van der Waals surface area contributed by atoms with Gasteiger partial charge >= 0.3 is 0 Å². The van der Waals surface area contributed by atoms with E-state index < -0.39 is 0 Å². The molecule has 0 spiro atoms. The van der Waals surface area contributed by atoms with Crippen molar-refractivity contribution in [3.63, 3.8) is 0 Å². The molecular formula is C22H23N3O2. The van der Waals surface area contributed by atoms with E-state index in [0.717, 1.165) is 35.2 Å². The molecule has 4 rings (SSSR count). The Kier molecular flexibility index (Phi) is 5.03. The maximum Gasteiger partial charge on any atom is 0.257 e. The van der Waals surface area contributed by atoms with Gasteiger partial charge in [0.05, 0.1) is 12.1 Å². The van der Waals surface area contributed by atoms with Gasteiger partial charge < -0.3 is 15.1 Å². The predicted molar refractivity (Wildman–Crippen MR) is 104 cm³/mol. The normalized spacial score (nSPS) is 18.3. The summed E-state index contributed by atoms with van der Waals surface area (Å²) < 4.78 is 5.91. The van der Waals surface area contributed by atoms with E-state index in [1.54, 1.807) is 24.5 Å². The molecule has 0 radical (unpaired) electrons. The zero-order valence-electron chi connectivity index (χ0n) is 15.3. The first-order valence-electron chi connectivity index (χ1n) is 9.28. The Hall–Kier alpha value is -2.92. The van der Waals surface area contributed by atoms with Crippen LogP contribution in [0.4, 0.5) is 5.69 Å². The average molecular weight is 361 g/mol. The fraction of sp³-hybridized carbons (Fsp3) is 0.273. The Morgan fingerprint density at radius 3 is 2.67 bits per heavy atom. The van der Waals surface area contributed by atoms with E-state index in [-0.39, 0.29) is 5.91 Å². The third-order valence-corrected chi connectivity index (χ3v) is 4.92. The molecule has 2 heterocycles. The smallest absolute Gasteiger partial charge is 0.257 e. The fourth-order valence-electron chi connectivity index (χ4n) is 3.14. The zero-order valence-corrected chi connectivity index (χ0v) is 15.3. The molecule has 3 aromatic rings. The maximum atomic E-state index is 12.1. The van der Waals surface area contributed by atoms with Crippen molar-refractivity contribution in [1.29, 1.82) is 0 Å².